The monoisotopic (exact) mass is 381 g/mol. The van der Waals surface area contributed by atoms with E-state index in [0.717, 1.165) is 10.9 Å². The normalized spacial score (nSPS) is 18.5. The average molecular weight is 382 g/mol. The molecule has 0 unspecified atom stereocenters. The molecular weight excluding hydrogens is 367 g/mol. The smallest absolute Gasteiger partial charge is 0.251 e. The SMILES string of the molecule is FC1(F)C[C@H]1CCn1ccc2c(Nc3c(Cl)cccc3Cl)nccc21. The van der Waals surface area contributed by atoms with Crippen LogP contribution in [0.5, 0.6) is 0 Å². The molecule has 3 nitrogen and oxygen atoms in total. The highest BCUT2D eigenvalue weighted by molar-refractivity contribution is 6.39. The Balaban J connectivity index is 1.61. The van der Waals surface area contributed by atoms with Gasteiger partial charge >= 0.3 is 0 Å². The topological polar surface area (TPSA) is 29.9 Å². The summed E-state index contributed by atoms with van der Waals surface area (Å²) in [5.74, 6) is -2.34. The zero-order chi connectivity index (χ0) is 17.6. The van der Waals surface area contributed by atoms with E-state index in [-0.39, 0.29) is 6.42 Å². The van der Waals surface area contributed by atoms with Gasteiger partial charge in [-0.25, -0.2) is 13.8 Å². The Morgan fingerprint density at radius 1 is 1.20 bits per heavy atom. The molecule has 1 atom stereocenters. The highest BCUT2D eigenvalue weighted by Gasteiger charge is 2.55. The van der Waals surface area contributed by atoms with E-state index in [0.29, 0.717) is 34.5 Å². The van der Waals surface area contributed by atoms with Crippen molar-refractivity contribution in [2.45, 2.75) is 25.3 Å². The number of nitrogens with one attached hydrogen (secondary N) is 1. The summed E-state index contributed by atoms with van der Waals surface area (Å²) in [5, 5.41) is 5.07. The standard InChI is InChI=1S/C18H15Cl2F2N3/c19-13-2-1-3-14(20)16(13)24-17-12-6-9-25(15(12)4-7-23-17)8-5-11-10-18(11,21)22/h1-4,6-7,9,11H,5,8,10H2,(H,23,24)/t11-/m1/s1. The molecule has 0 saturated heterocycles. The van der Waals surface area contributed by atoms with Gasteiger partial charge in [-0.15, -0.1) is 0 Å². The molecule has 2 heterocycles. The average Bonchev–Trinajstić information content (AvgIpc) is 2.99. The lowest BCUT2D eigenvalue weighted by atomic mass is 10.2. The summed E-state index contributed by atoms with van der Waals surface area (Å²) < 4.78 is 28.1. The number of aromatic nitrogens is 2. The number of benzene rings is 1. The van der Waals surface area contributed by atoms with Gasteiger partial charge in [-0.2, -0.15) is 0 Å². The molecule has 0 bridgehead atoms. The molecule has 25 heavy (non-hydrogen) atoms. The first kappa shape index (κ1) is 16.6. The van der Waals surface area contributed by atoms with Gasteiger partial charge in [0, 0.05) is 36.7 Å². The van der Waals surface area contributed by atoms with Gasteiger partial charge in [0.2, 0.25) is 0 Å². The third-order valence-electron chi connectivity index (χ3n) is 4.58. The van der Waals surface area contributed by atoms with Gasteiger partial charge < -0.3 is 9.88 Å². The van der Waals surface area contributed by atoms with Crippen LogP contribution < -0.4 is 5.32 Å². The molecule has 0 amide bonds. The maximum absolute atomic E-state index is 13.1. The predicted molar refractivity (Wildman–Crippen MR) is 97.1 cm³/mol. The lowest BCUT2D eigenvalue weighted by molar-refractivity contribution is 0.0961. The second kappa shape index (κ2) is 6.15. The molecular formula is C18H15Cl2F2N3. The highest BCUT2D eigenvalue weighted by atomic mass is 35.5. The van der Waals surface area contributed by atoms with Crippen LogP contribution in [0.3, 0.4) is 0 Å². The Kier molecular flexibility index (Phi) is 4.08. The van der Waals surface area contributed by atoms with Crippen LogP contribution >= 0.6 is 23.2 Å². The maximum Gasteiger partial charge on any atom is 0.251 e. The number of fused-ring (bicyclic) bond motifs is 1. The molecule has 1 saturated carbocycles. The number of anilines is 2. The molecule has 1 aliphatic rings. The minimum absolute atomic E-state index is 0.00552. The number of para-hydroxylation sites is 1. The lowest BCUT2D eigenvalue weighted by Gasteiger charge is -2.11. The fraction of sp³-hybridized carbons (Fsp3) is 0.278. The fourth-order valence-corrected chi connectivity index (χ4v) is 3.52. The summed E-state index contributed by atoms with van der Waals surface area (Å²) in [6.07, 6.45) is 4.05. The summed E-state index contributed by atoms with van der Waals surface area (Å²) in [6, 6.07) is 9.06. The number of pyridine rings is 1. The van der Waals surface area contributed by atoms with Gasteiger partial charge in [-0.3, -0.25) is 0 Å². The van der Waals surface area contributed by atoms with Crippen LogP contribution in [0.4, 0.5) is 20.3 Å². The van der Waals surface area contributed by atoms with Crippen molar-refractivity contribution in [1.29, 1.82) is 0 Å². The van der Waals surface area contributed by atoms with Crippen LogP contribution in [-0.4, -0.2) is 15.5 Å². The van der Waals surface area contributed by atoms with E-state index in [4.69, 9.17) is 23.2 Å². The maximum atomic E-state index is 13.1. The van der Waals surface area contributed by atoms with E-state index in [1.165, 1.54) is 0 Å². The van der Waals surface area contributed by atoms with E-state index in [2.05, 4.69) is 10.3 Å². The van der Waals surface area contributed by atoms with E-state index in [1.54, 1.807) is 24.4 Å². The second-order valence-corrected chi connectivity index (χ2v) is 7.09. The van der Waals surface area contributed by atoms with Crippen molar-refractivity contribution in [3.63, 3.8) is 0 Å². The number of alkyl halides is 2. The number of hydrogen-bond donors (Lipinski definition) is 1. The van der Waals surface area contributed by atoms with Crippen LogP contribution in [0, 0.1) is 5.92 Å². The first-order chi connectivity index (χ1) is 12.0. The van der Waals surface area contributed by atoms with E-state index >= 15 is 0 Å². The van der Waals surface area contributed by atoms with Gasteiger partial charge in [0.25, 0.3) is 5.92 Å². The van der Waals surface area contributed by atoms with Gasteiger partial charge in [0.1, 0.15) is 5.82 Å². The Morgan fingerprint density at radius 3 is 2.60 bits per heavy atom. The molecule has 7 heteroatoms. The van der Waals surface area contributed by atoms with Crippen molar-refractivity contribution in [2.24, 2.45) is 5.92 Å². The highest BCUT2D eigenvalue weighted by Crippen LogP contribution is 2.50. The number of rotatable bonds is 5. The van der Waals surface area contributed by atoms with Crippen molar-refractivity contribution in [3.05, 3.63) is 52.8 Å². The minimum Gasteiger partial charge on any atom is -0.347 e. The molecule has 130 valence electrons. The van der Waals surface area contributed by atoms with Crippen molar-refractivity contribution >= 4 is 45.6 Å². The predicted octanol–water partition coefficient (Wildman–Crippen LogP) is 6.13. The summed E-state index contributed by atoms with van der Waals surface area (Å²) >= 11 is 12.4. The molecule has 1 aromatic carbocycles. The van der Waals surface area contributed by atoms with E-state index in [1.807, 2.05) is 22.9 Å². The molecule has 0 spiro atoms. The minimum atomic E-state index is -2.47. The molecule has 1 N–H and O–H groups in total. The van der Waals surface area contributed by atoms with Crippen LogP contribution in [-0.2, 0) is 6.54 Å². The Hall–Kier alpha value is -1.85. The molecule has 0 radical (unpaired) electrons. The molecule has 0 aliphatic heterocycles. The van der Waals surface area contributed by atoms with Crippen molar-refractivity contribution < 1.29 is 8.78 Å². The molecule has 2 aromatic heterocycles. The van der Waals surface area contributed by atoms with Crippen molar-refractivity contribution in [1.82, 2.24) is 9.55 Å². The quantitative estimate of drug-likeness (QED) is 0.575. The van der Waals surface area contributed by atoms with Crippen LogP contribution in [0.1, 0.15) is 12.8 Å². The van der Waals surface area contributed by atoms with E-state index < -0.39 is 11.8 Å². The third kappa shape index (κ3) is 3.18. The van der Waals surface area contributed by atoms with Gasteiger partial charge in [0.15, 0.2) is 0 Å². The van der Waals surface area contributed by atoms with Crippen LogP contribution in [0.15, 0.2) is 42.7 Å². The van der Waals surface area contributed by atoms with Crippen LogP contribution in [0.2, 0.25) is 10.0 Å². The Bertz CT molecular complexity index is 919. The largest absolute Gasteiger partial charge is 0.347 e. The van der Waals surface area contributed by atoms with Crippen molar-refractivity contribution in [2.75, 3.05) is 5.32 Å². The number of hydrogen-bond acceptors (Lipinski definition) is 2. The first-order valence-electron chi connectivity index (χ1n) is 7.98. The molecule has 1 fully saturated rings. The summed E-state index contributed by atoms with van der Waals surface area (Å²) in [5.41, 5.74) is 1.53. The zero-order valence-electron chi connectivity index (χ0n) is 13.1. The summed E-state index contributed by atoms with van der Waals surface area (Å²) in [6.45, 7) is 0.556. The van der Waals surface area contributed by atoms with Crippen LogP contribution in [0.25, 0.3) is 10.9 Å². The van der Waals surface area contributed by atoms with Gasteiger partial charge in [-0.05, 0) is 30.7 Å². The molecule has 3 aromatic rings. The van der Waals surface area contributed by atoms with E-state index in [9.17, 15) is 8.78 Å². The van der Waals surface area contributed by atoms with Gasteiger partial charge in [0.05, 0.1) is 21.2 Å². The van der Waals surface area contributed by atoms with Gasteiger partial charge in [-0.1, -0.05) is 29.3 Å². The number of nitrogens with zero attached hydrogens (tertiary/aromatic N) is 2. The first-order valence-corrected chi connectivity index (χ1v) is 8.74. The number of halogens is 4. The summed E-state index contributed by atoms with van der Waals surface area (Å²) in [7, 11) is 0. The number of aryl methyl sites for hydroxylation is 1. The third-order valence-corrected chi connectivity index (χ3v) is 5.21. The van der Waals surface area contributed by atoms with Crippen molar-refractivity contribution in [3.8, 4) is 0 Å². The molecule has 1 aliphatic carbocycles. The Morgan fingerprint density at radius 2 is 1.92 bits per heavy atom. The summed E-state index contributed by atoms with van der Waals surface area (Å²) in [4.78, 5) is 4.37. The fourth-order valence-electron chi connectivity index (χ4n) is 3.03. The lowest BCUT2D eigenvalue weighted by Crippen LogP contribution is -2.01. The second-order valence-electron chi connectivity index (χ2n) is 6.27. The zero-order valence-corrected chi connectivity index (χ0v) is 14.7. The Labute approximate surface area is 153 Å². The molecule has 4 rings (SSSR count).